The molecule has 68 valence electrons. The number of hydrogen-bond acceptors (Lipinski definition) is 4. The molecule has 0 radical (unpaired) electrons. The summed E-state index contributed by atoms with van der Waals surface area (Å²) >= 11 is 1.32. The van der Waals surface area contributed by atoms with Crippen LogP contribution < -0.4 is 0 Å². The Labute approximate surface area is 79.9 Å². The number of nitriles is 1. The summed E-state index contributed by atoms with van der Waals surface area (Å²) in [5.41, 5.74) is 0.774. The maximum Gasteiger partial charge on any atom is 0.279 e. The molecule has 0 bridgehead atoms. The molecule has 0 aliphatic rings. The molecule has 0 saturated heterocycles. The van der Waals surface area contributed by atoms with Gasteiger partial charge >= 0.3 is 0 Å². The predicted octanol–water partition coefficient (Wildman–Crippen LogP) is 1.25. The number of nitrogens with zero attached hydrogens (tertiary/aromatic N) is 2. The molecule has 0 spiro atoms. The zero-order chi connectivity index (χ0) is 9.84. The van der Waals surface area contributed by atoms with E-state index in [1.165, 1.54) is 25.5 Å². The average Bonchev–Trinajstić information content (AvgIpc) is 2.62. The third kappa shape index (κ3) is 1.86. The molecule has 4 nitrogen and oxygen atoms in total. The van der Waals surface area contributed by atoms with Crippen LogP contribution in [0, 0.1) is 11.3 Å². The molecule has 0 aliphatic carbocycles. The van der Waals surface area contributed by atoms with Crippen molar-refractivity contribution >= 4 is 17.2 Å². The first-order valence-corrected chi connectivity index (χ1v) is 4.43. The highest BCUT2D eigenvalue weighted by atomic mass is 32.1. The average molecular weight is 196 g/mol. The highest BCUT2D eigenvalue weighted by molar-refractivity contribution is 7.08. The topological polar surface area (TPSA) is 53.3 Å². The van der Waals surface area contributed by atoms with Gasteiger partial charge in [0, 0.05) is 17.8 Å². The Morgan fingerprint density at radius 3 is 2.92 bits per heavy atom. The van der Waals surface area contributed by atoms with E-state index in [1.807, 2.05) is 6.07 Å². The first-order chi connectivity index (χ1) is 6.20. The van der Waals surface area contributed by atoms with Gasteiger partial charge in [0.1, 0.15) is 6.07 Å². The first kappa shape index (κ1) is 9.71. The van der Waals surface area contributed by atoms with Gasteiger partial charge in [-0.1, -0.05) is 0 Å². The van der Waals surface area contributed by atoms with E-state index in [1.54, 1.807) is 10.8 Å². The summed E-state index contributed by atoms with van der Waals surface area (Å²) in [6, 6.07) is 1.94. The molecule has 13 heavy (non-hydrogen) atoms. The van der Waals surface area contributed by atoms with Crippen LogP contribution in [0.3, 0.4) is 0 Å². The number of carbonyl (C=O) groups is 1. The van der Waals surface area contributed by atoms with Gasteiger partial charge in [-0.2, -0.15) is 16.6 Å². The fourth-order valence-electron chi connectivity index (χ4n) is 0.802. The highest BCUT2D eigenvalue weighted by Gasteiger charge is 2.16. The minimum atomic E-state index is -0.305. The molecule has 0 aliphatic heterocycles. The number of thiophene rings is 1. The second kappa shape index (κ2) is 4.03. The summed E-state index contributed by atoms with van der Waals surface area (Å²) < 4.78 is 0. The van der Waals surface area contributed by atoms with Gasteiger partial charge in [-0.05, 0) is 0 Å². The number of rotatable bonds is 2. The molecule has 0 unspecified atom stereocenters. The highest BCUT2D eigenvalue weighted by Crippen LogP contribution is 2.15. The van der Waals surface area contributed by atoms with Crippen LogP contribution in [-0.4, -0.2) is 25.1 Å². The van der Waals surface area contributed by atoms with E-state index in [9.17, 15) is 4.79 Å². The number of carbonyl (C=O) groups excluding carboxylic acids is 1. The standard InChI is InChI=1S/C8H8N2O2S/c1-10(12-2)8(11)7-5-13-4-6(7)3-9/h4-5H,1-2H3. The van der Waals surface area contributed by atoms with Crippen molar-refractivity contribution in [3.8, 4) is 6.07 Å². The largest absolute Gasteiger partial charge is 0.279 e. The smallest absolute Gasteiger partial charge is 0.274 e. The molecule has 0 atom stereocenters. The van der Waals surface area contributed by atoms with E-state index in [4.69, 9.17) is 10.1 Å². The third-order valence-electron chi connectivity index (χ3n) is 1.57. The van der Waals surface area contributed by atoms with Crippen molar-refractivity contribution in [1.29, 1.82) is 5.26 Å². The van der Waals surface area contributed by atoms with E-state index in [2.05, 4.69) is 0 Å². The minimum absolute atomic E-state index is 0.305. The lowest BCUT2D eigenvalue weighted by Crippen LogP contribution is -2.25. The van der Waals surface area contributed by atoms with Gasteiger partial charge < -0.3 is 0 Å². The van der Waals surface area contributed by atoms with Gasteiger partial charge in [0.25, 0.3) is 5.91 Å². The van der Waals surface area contributed by atoms with E-state index >= 15 is 0 Å². The summed E-state index contributed by atoms with van der Waals surface area (Å²) in [6.07, 6.45) is 0. The quantitative estimate of drug-likeness (QED) is 0.669. The van der Waals surface area contributed by atoms with Crippen LogP contribution in [0.4, 0.5) is 0 Å². The molecule has 1 amide bonds. The lowest BCUT2D eigenvalue weighted by Gasteiger charge is -2.12. The lowest BCUT2D eigenvalue weighted by atomic mass is 10.2. The summed E-state index contributed by atoms with van der Waals surface area (Å²) in [7, 11) is 2.90. The van der Waals surface area contributed by atoms with Crippen molar-refractivity contribution in [3.05, 3.63) is 21.9 Å². The van der Waals surface area contributed by atoms with Gasteiger partial charge in [-0.15, -0.1) is 0 Å². The third-order valence-corrected chi connectivity index (χ3v) is 2.32. The van der Waals surface area contributed by atoms with Crippen molar-refractivity contribution in [2.45, 2.75) is 0 Å². The fourth-order valence-corrected chi connectivity index (χ4v) is 1.55. The maximum atomic E-state index is 11.5. The summed E-state index contributed by atoms with van der Waals surface area (Å²) in [4.78, 5) is 16.2. The SMILES string of the molecule is CON(C)C(=O)c1cscc1C#N. The van der Waals surface area contributed by atoms with E-state index < -0.39 is 0 Å². The van der Waals surface area contributed by atoms with Crippen LogP contribution in [0.2, 0.25) is 0 Å². The number of hydroxylamine groups is 2. The van der Waals surface area contributed by atoms with Gasteiger partial charge in [0.2, 0.25) is 0 Å². The molecular weight excluding hydrogens is 188 g/mol. The van der Waals surface area contributed by atoms with Crippen LogP contribution in [0.15, 0.2) is 10.8 Å². The molecule has 1 aromatic rings. The Bertz CT molecular complexity index is 353. The Morgan fingerprint density at radius 1 is 1.69 bits per heavy atom. The molecule has 1 aromatic heterocycles. The van der Waals surface area contributed by atoms with E-state index in [-0.39, 0.29) is 5.91 Å². The Hall–Kier alpha value is -1.38. The van der Waals surface area contributed by atoms with Crippen molar-refractivity contribution in [1.82, 2.24) is 5.06 Å². The van der Waals surface area contributed by atoms with Gasteiger partial charge in [0.05, 0.1) is 18.2 Å². The number of hydrogen-bond donors (Lipinski definition) is 0. The van der Waals surface area contributed by atoms with Crippen LogP contribution in [0.1, 0.15) is 15.9 Å². The van der Waals surface area contributed by atoms with Gasteiger partial charge in [0.15, 0.2) is 0 Å². The molecule has 0 N–H and O–H groups in total. The number of amides is 1. The summed E-state index contributed by atoms with van der Waals surface area (Å²) in [5.74, 6) is -0.305. The Morgan fingerprint density at radius 2 is 2.38 bits per heavy atom. The van der Waals surface area contributed by atoms with Crippen molar-refractivity contribution in [2.24, 2.45) is 0 Å². The van der Waals surface area contributed by atoms with Crippen molar-refractivity contribution in [2.75, 3.05) is 14.2 Å². The second-order valence-electron chi connectivity index (χ2n) is 2.30. The zero-order valence-corrected chi connectivity index (χ0v) is 8.09. The normalized spacial score (nSPS) is 9.31. The molecule has 0 saturated carbocycles. The molecule has 5 heteroatoms. The summed E-state index contributed by atoms with van der Waals surface area (Å²) in [6.45, 7) is 0. The second-order valence-corrected chi connectivity index (χ2v) is 3.04. The van der Waals surface area contributed by atoms with E-state index in [0.29, 0.717) is 11.1 Å². The minimum Gasteiger partial charge on any atom is -0.274 e. The molecule has 1 rings (SSSR count). The van der Waals surface area contributed by atoms with Crippen molar-refractivity contribution in [3.63, 3.8) is 0 Å². The Kier molecular flexibility index (Phi) is 3.01. The predicted molar refractivity (Wildman–Crippen MR) is 48.1 cm³/mol. The van der Waals surface area contributed by atoms with Crippen LogP contribution >= 0.6 is 11.3 Å². The molecule has 1 heterocycles. The molecule has 0 fully saturated rings. The fraction of sp³-hybridized carbons (Fsp3) is 0.250. The maximum absolute atomic E-state index is 11.5. The van der Waals surface area contributed by atoms with Crippen molar-refractivity contribution < 1.29 is 9.63 Å². The van der Waals surface area contributed by atoms with Gasteiger partial charge in [-0.3, -0.25) is 9.63 Å². The molecule has 0 aromatic carbocycles. The van der Waals surface area contributed by atoms with Crippen LogP contribution in [0.25, 0.3) is 0 Å². The van der Waals surface area contributed by atoms with Crippen LogP contribution in [-0.2, 0) is 4.84 Å². The monoisotopic (exact) mass is 196 g/mol. The van der Waals surface area contributed by atoms with Crippen LogP contribution in [0.5, 0.6) is 0 Å². The summed E-state index contributed by atoms with van der Waals surface area (Å²) in [5, 5.41) is 13.0. The molecular formula is C8H8N2O2S. The Balaban J connectivity index is 2.96. The van der Waals surface area contributed by atoms with E-state index in [0.717, 1.165) is 5.06 Å². The first-order valence-electron chi connectivity index (χ1n) is 3.49. The zero-order valence-electron chi connectivity index (χ0n) is 7.27. The van der Waals surface area contributed by atoms with Gasteiger partial charge in [-0.25, -0.2) is 5.06 Å². The lowest BCUT2D eigenvalue weighted by molar-refractivity contribution is -0.0756.